The Morgan fingerprint density at radius 3 is 2.67 bits per heavy atom. The maximum absolute atomic E-state index is 12.1. The molecule has 0 atom stereocenters. The summed E-state index contributed by atoms with van der Waals surface area (Å²) in [6.07, 6.45) is 1.26. The largest absolute Gasteiger partial charge is 0.465 e. The van der Waals surface area contributed by atoms with Gasteiger partial charge in [0.15, 0.2) is 0 Å². The molecular weight excluding hydrogens is 345 g/mol. The molecule has 1 N–H and O–H groups in total. The lowest BCUT2D eigenvalue weighted by molar-refractivity contribution is 0.0599. The average Bonchev–Trinajstić information content (AvgIpc) is 2.36. The van der Waals surface area contributed by atoms with Crippen LogP contribution in [0.5, 0.6) is 0 Å². The fourth-order valence-corrected chi connectivity index (χ4v) is 2.48. The number of halogens is 3. The van der Waals surface area contributed by atoms with Gasteiger partial charge in [-0.05, 0) is 22.0 Å². The van der Waals surface area contributed by atoms with E-state index in [1.165, 1.54) is 19.4 Å². The molecule has 0 aliphatic rings. The quantitative estimate of drug-likeness (QED) is 0.633. The Morgan fingerprint density at radius 1 is 1.39 bits per heavy atom. The van der Waals surface area contributed by atoms with Gasteiger partial charge in [-0.15, -0.1) is 0 Å². The van der Waals surface area contributed by atoms with Crippen molar-refractivity contribution in [2.24, 2.45) is 0 Å². The molecule has 18 heavy (non-hydrogen) atoms. The molecule has 4 nitrogen and oxygen atoms in total. The summed E-state index contributed by atoms with van der Waals surface area (Å²) in [7, 11) is 1.21. The third-order valence-electron chi connectivity index (χ3n) is 2.42. The normalized spacial score (nSPS) is 10.7. The molecule has 0 aliphatic carbocycles. The number of methoxy groups -OCH3 is 1. The highest BCUT2D eigenvalue weighted by Gasteiger charge is 2.17. The van der Waals surface area contributed by atoms with Crippen molar-refractivity contribution in [2.75, 3.05) is 7.11 Å². The molecule has 1 aromatic carbocycles. The van der Waals surface area contributed by atoms with Crippen LogP contribution in [-0.2, 0) is 4.74 Å². The van der Waals surface area contributed by atoms with Gasteiger partial charge in [-0.25, -0.2) is 4.79 Å². The van der Waals surface area contributed by atoms with Crippen LogP contribution in [0.3, 0.4) is 0 Å². The molecule has 0 aliphatic heterocycles. The maximum Gasteiger partial charge on any atom is 0.343 e. The molecular formula is C11H6BrCl2NO3. The van der Waals surface area contributed by atoms with Crippen molar-refractivity contribution in [3.05, 3.63) is 42.6 Å². The summed E-state index contributed by atoms with van der Waals surface area (Å²) in [4.78, 5) is 26.3. The van der Waals surface area contributed by atoms with Gasteiger partial charge in [-0.3, -0.25) is 4.79 Å². The predicted octanol–water partition coefficient (Wildman–Crippen LogP) is 3.38. The van der Waals surface area contributed by atoms with E-state index in [2.05, 4.69) is 25.7 Å². The van der Waals surface area contributed by atoms with Crippen molar-refractivity contribution in [3.63, 3.8) is 0 Å². The number of carbonyl (C=O) groups is 1. The van der Waals surface area contributed by atoms with E-state index in [9.17, 15) is 9.59 Å². The first-order chi connectivity index (χ1) is 8.47. The van der Waals surface area contributed by atoms with Crippen molar-refractivity contribution < 1.29 is 9.53 Å². The van der Waals surface area contributed by atoms with E-state index in [4.69, 9.17) is 23.2 Å². The van der Waals surface area contributed by atoms with Crippen LogP contribution < -0.4 is 5.43 Å². The zero-order valence-electron chi connectivity index (χ0n) is 9.01. The second-order valence-corrected chi connectivity index (χ2v) is 5.04. The minimum absolute atomic E-state index is 0.0877. The number of esters is 1. The Kier molecular flexibility index (Phi) is 3.66. The number of aromatic nitrogens is 1. The first-order valence-electron chi connectivity index (χ1n) is 4.74. The summed E-state index contributed by atoms with van der Waals surface area (Å²) in [5, 5.41) is 0.777. The van der Waals surface area contributed by atoms with Crippen LogP contribution in [-0.4, -0.2) is 18.1 Å². The van der Waals surface area contributed by atoms with Gasteiger partial charge >= 0.3 is 5.97 Å². The lowest BCUT2D eigenvalue weighted by Gasteiger charge is -2.06. The molecule has 1 aromatic heterocycles. The number of carbonyl (C=O) groups excluding carboxylic acids is 1. The number of aromatic amines is 1. The first-order valence-corrected chi connectivity index (χ1v) is 6.29. The van der Waals surface area contributed by atoms with Gasteiger partial charge in [0, 0.05) is 16.1 Å². The highest BCUT2D eigenvalue weighted by atomic mass is 79.9. The summed E-state index contributed by atoms with van der Waals surface area (Å²) < 4.78 is 5.00. The van der Waals surface area contributed by atoms with E-state index < -0.39 is 11.4 Å². The minimum atomic E-state index is -0.708. The molecule has 0 radical (unpaired) electrons. The monoisotopic (exact) mass is 349 g/mol. The number of fused-ring (bicyclic) bond motifs is 1. The standard InChI is InChI=1S/C11H6BrCl2NO3/c1-18-11(17)5-3-15-9-4(10(5)16)2-6(12)7(13)8(9)14/h2-3H,1H3,(H,15,16). The Labute approximate surface area is 120 Å². The van der Waals surface area contributed by atoms with Crippen molar-refractivity contribution in [3.8, 4) is 0 Å². The number of nitrogens with one attached hydrogen (secondary N) is 1. The van der Waals surface area contributed by atoms with Gasteiger partial charge in [0.1, 0.15) is 5.56 Å². The Hall–Kier alpha value is -1.04. The molecule has 0 saturated carbocycles. The van der Waals surface area contributed by atoms with Gasteiger partial charge in [0.25, 0.3) is 0 Å². The van der Waals surface area contributed by atoms with Crippen LogP contribution in [0.15, 0.2) is 21.5 Å². The average molecular weight is 351 g/mol. The highest BCUT2D eigenvalue weighted by molar-refractivity contribution is 9.10. The molecule has 94 valence electrons. The number of H-pyrrole nitrogens is 1. The highest BCUT2D eigenvalue weighted by Crippen LogP contribution is 2.34. The summed E-state index contributed by atoms with van der Waals surface area (Å²) in [6, 6.07) is 1.51. The zero-order chi connectivity index (χ0) is 13.4. The molecule has 0 fully saturated rings. The lowest BCUT2D eigenvalue weighted by atomic mass is 10.1. The number of benzene rings is 1. The van der Waals surface area contributed by atoms with Gasteiger partial charge in [-0.2, -0.15) is 0 Å². The summed E-state index contributed by atoms with van der Waals surface area (Å²) in [6.45, 7) is 0. The van der Waals surface area contributed by atoms with Gasteiger partial charge < -0.3 is 9.72 Å². The van der Waals surface area contributed by atoms with Gasteiger partial charge in [0.05, 0.1) is 22.7 Å². The molecule has 0 spiro atoms. The minimum Gasteiger partial charge on any atom is -0.465 e. The van der Waals surface area contributed by atoms with E-state index >= 15 is 0 Å². The van der Waals surface area contributed by atoms with Crippen molar-refractivity contribution in [2.45, 2.75) is 0 Å². The summed E-state index contributed by atoms with van der Waals surface area (Å²) >= 11 is 15.2. The predicted molar refractivity (Wildman–Crippen MR) is 73.6 cm³/mol. The second-order valence-electron chi connectivity index (χ2n) is 3.43. The number of rotatable bonds is 1. The maximum atomic E-state index is 12.1. The molecule has 0 unspecified atom stereocenters. The second kappa shape index (κ2) is 4.91. The van der Waals surface area contributed by atoms with Crippen LogP contribution in [0.2, 0.25) is 10.0 Å². The lowest BCUT2D eigenvalue weighted by Crippen LogP contribution is -2.17. The Balaban J connectivity index is 2.88. The van der Waals surface area contributed by atoms with Crippen LogP contribution >= 0.6 is 39.1 Å². The number of hydrogen-bond acceptors (Lipinski definition) is 3. The van der Waals surface area contributed by atoms with Crippen LogP contribution in [0.25, 0.3) is 10.9 Å². The first kappa shape index (κ1) is 13.4. The SMILES string of the molecule is COC(=O)c1c[nH]c2c(Cl)c(Cl)c(Br)cc2c1=O. The van der Waals surface area contributed by atoms with E-state index in [0.29, 0.717) is 15.0 Å². The molecule has 7 heteroatoms. The molecule has 2 aromatic rings. The van der Waals surface area contributed by atoms with Gasteiger partial charge in [-0.1, -0.05) is 23.2 Å². The van der Waals surface area contributed by atoms with Crippen molar-refractivity contribution in [1.29, 1.82) is 0 Å². The van der Waals surface area contributed by atoms with Crippen molar-refractivity contribution in [1.82, 2.24) is 4.98 Å². The van der Waals surface area contributed by atoms with Crippen LogP contribution in [0, 0.1) is 0 Å². The summed E-state index contributed by atoms with van der Waals surface area (Å²) in [5.41, 5.74) is -0.173. The van der Waals surface area contributed by atoms with E-state index in [-0.39, 0.29) is 16.0 Å². The number of pyridine rings is 1. The van der Waals surface area contributed by atoms with Gasteiger partial charge in [0.2, 0.25) is 5.43 Å². The van der Waals surface area contributed by atoms with E-state index in [1.807, 2.05) is 0 Å². The van der Waals surface area contributed by atoms with E-state index in [1.54, 1.807) is 0 Å². The molecule has 0 bridgehead atoms. The van der Waals surface area contributed by atoms with Crippen LogP contribution in [0.4, 0.5) is 0 Å². The smallest absolute Gasteiger partial charge is 0.343 e. The molecule has 0 saturated heterocycles. The van der Waals surface area contributed by atoms with Crippen molar-refractivity contribution >= 4 is 56.0 Å². The Bertz CT molecular complexity index is 711. The Morgan fingerprint density at radius 2 is 2.06 bits per heavy atom. The van der Waals surface area contributed by atoms with E-state index in [0.717, 1.165) is 0 Å². The molecule has 1 heterocycles. The molecule has 0 amide bonds. The molecule has 2 rings (SSSR count). The topological polar surface area (TPSA) is 59.2 Å². The summed E-state index contributed by atoms with van der Waals surface area (Å²) in [5.74, 6) is -0.708. The van der Waals surface area contributed by atoms with Crippen LogP contribution in [0.1, 0.15) is 10.4 Å². The fourth-order valence-electron chi connectivity index (χ4n) is 1.53. The third kappa shape index (κ3) is 2.02. The third-order valence-corrected chi connectivity index (χ3v) is 4.14. The number of ether oxygens (including phenoxy) is 1. The fraction of sp³-hybridized carbons (Fsp3) is 0.0909. The zero-order valence-corrected chi connectivity index (χ0v) is 12.1. The number of hydrogen-bond donors (Lipinski definition) is 1.